The van der Waals surface area contributed by atoms with Gasteiger partial charge >= 0.3 is 0 Å². The Hall–Kier alpha value is -1.59. The first kappa shape index (κ1) is 11.9. The Balaban J connectivity index is 2.04. The number of hydrogen-bond donors (Lipinski definition) is 1. The zero-order chi connectivity index (χ0) is 12.3. The zero-order valence-electron chi connectivity index (χ0n) is 8.72. The summed E-state index contributed by atoms with van der Waals surface area (Å²) in [6.07, 6.45) is 0. The number of hydrogen-bond acceptors (Lipinski definition) is 4. The summed E-state index contributed by atoms with van der Waals surface area (Å²) in [6, 6.07) is 8.29. The van der Waals surface area contributed by atoms with Crippen LogP contribution in [0.1, 0.15) is 4.88 Å². The highest BCUT2D eigenvalue weighted by Crippen LogP contribution is 2.21. The molecule has 88 valence electrons. The lowest BCUT2D eigenvalue weighted by atomic mass is 10.3. The minimum Gasteiger partial charge on any atom is -0.380 e. The van der Waals surface area contributed by atoms with Gasteiger partial charge in [-0.15, -0.1) is 11.3 Å². The quantitative estimate of drug-likeness (QED) is 0.675. The summed E-state index contributed by atoms with van der Waals surface area (Å²) >= 11 is 7.35. The first-order valence-electron chi connectivity index (χ1n) is 4.86. The molecule has 0 saturated heterocycles. The van der Waals surface area contributed by atoms with Crippen LogP contribution in [0.25, 0.3) is 0 Å². The molecule has 0 aliphatic heterocycles. The lowest BCUT2D eigenvalue weighted by Gasteiger charge is -2.03. The fourth-order valence-corrected chi connectivity index (χ4v) is 2.38. The molecule has 0 aliphatic rings. The average Bonchev–Trinajstić information content (AvgIpc) is 2.73. The molecule has 1 aromatic carbocycles. The lowest BCUT2D eigenvalue weighted by Crippen LogP contribution is -1.98. The molecule has 4 nitrogen and oxygen atoms in total. The van der Waals surface area contributed by atoms with Crippen molar-refractivity contribution in [3.63, 3.8) is 0 Å². The second-order valence-corrected chi connectivity index (χ2v) is 4.82. The molecule has 1 heterocycles. The van der Waals surface area contributed by atoms with Crippen LogP contribution in [0, 0.1) is 10.1 Å². The maximum atomic E-state index is 10.6. The van der Waals surface area contributed by atoms with Crippen molar-refractivity contribution in [3.8, 4) is 0 Å². The number of nitro groups is 1. The number of halogens is 1. The molecule has 6 heteroatoms. The van der Waals surface area contributed by atoms with Crippen molar-refractivity contribution in [3.05, 3.63) is 55.7 Å². The number of benzene rings is 1. The monoisotopic (exact) mass is 268 g/mol. The molecule has 0 amide bonds. The van der Waals surface area contributed by atoms with Gasteiger partial charge in [-0.1, -0.05) is 17.7 Å². The second kappa shape index (κ2) is 5.16. The number of rotatable bonds is 4. The molecule has 17 heavy (non-hydrogen) atoms. The molecule has 0 radical (unpaired) electrons. The van der Waals surface area contributed by atoms with Gasteiger partial charge in [0.15, 0.2) is 0 Å². The van der Waals surface area contributed by atoms with Gasteiger partial charge < -0.3 is 5.32 Å². The molecule has 2 rings (SSSR count). The second-order valence-electron chi connectivity index (χ2n) is 3.39. The SMILES string of the molecule is O=[N+]([O-])c1cccc(NCc2cc(Cl)cs2)c1. The highest BCUT2D eigenvalue weighted by atomic mass is 35.5. The van der Waals surface area contributed by atoms with Gasteiger partial charge in [-0.25, -0.2) is 0 Å². The summed E-state index contributed by atoms with van der Waals surface area (Å²) in [5.41, 5.74) is 0.808. The van der Waals surface area contributed by atoms with Crippen molar-refractivity contribution in [2.75, 3.05) is 5.32 Å². The van der Waals surface area contributed by atoms with Crippen molar-refractivity contribution in [1.29, 1.82) is 0 Å². The molecule has 0 spiro atoms. The minimum absolute atomic E-state index is 0.0826. The zero-order valence-corrected chi connectivity index (χ0v) is 10.3. The molecule has 0 unspecified atom stereocenters. The van der Waals surface area contributed by atoms with Gasteiger partial charge in [0.25, 0.3) is 5.69 Å². The van der Waals surface area contributed by atoms with E-state index in [9.17, 15) is 10.1 Å². The molecular weight excluding hydrogens is 260 g/mol. The van der Waals surface area contributed by atoms with E-state index in [1.54, 1.807) is 23.5 Å². The Labute approximate surface area is 107 Å². The number of anilines is 1. The van der Waals surface area contributed by atoms with Crippen molar-refractivity contribution in [2.24, 2.45) is 0 Å². The molecule has 0 aliphatic carbocycles. The number of thiophene rings is 1. The number of nitro benzene ring substituents is 1. The van der Waals surface area contributed by atoms with E-state index in [4.69, 9.17) is 11.6 Å². The van der Waals surface area contributed by atoms with E-state index >= 15 is 0 Å². The van der Waals surface area contributed by atoms with Crippen molar-refractivity contribution in [2.45, 2.75) is 6.54 Å². The van der Waals surface area contributed by atoms with Crippen molar-refractivity contribution in [1.82, 2.24) is 0 Å². The Morgan fingerprint density at radius 1 is 1.41 bits per heavy atom. The molecule has 2 aromatic rings. The van der Waals surface area contributed by atoms with Crippen LogP contribution in [-0.4, -0.2) is 4.92 Å². The predicted molar refractivity (Wildman–Crippen MR) is 69.8 cm³/mol. The van der Waals surface area contributed by atoms with Crippen LogP contribution in [0.4, 0.5) is 11.4 Å². The minimum atomic E-state index is -0.410. The normalized spacial score (nSPS) is 10.2. The third-order valence-electron chi connectivity index (χ3n) is 2.15. The summed E-state index contributed by atoms with van der Waals surface area (Å²) < 4.78 is 0. The molecular formula is C11H9ClN2O2S. The van der Waals surface area contributed by atoms with Crippen LogP contribution < -0.4 is 5.32 Å². The summed E-state index contributed by atoms with van der Waals surface area (Å²) in [6.45, 7) is 0.610. The summed E-state index contributed by atoms with van der Waals surface area (Å²) in [4.78, 5) is 11.3. The van der Waals surface area contributed by atoms with Gasteiger partial charge in [0.1, 0.15) is 0 Å². The van der Waals surface area contributed by atoms with Crippen LogP contribution in [-0.2, 0) is 6.54 Å². The summed E-state index contributed by atoms with van der Waals surface area (Å²) in [5.74, 6) is 0. The van der Waals surface area contributed by atoms with Crippen LogP contribution in [0.3, 0.4) is 0 Å². The molecule has 0 bridgehead atoms. The van der Waals surface area contributed by atoms with Gasteiger partial charge in [-0.3, -0.25) is 10.1 Å². The van der Waals surface area contributed by atoms with Gasteiger partial charge in [0, 0.05) is 34.6 Å². The highest BCUT2D eigenvalue weighted by molar-refractivity contribution is 7.10. The Kier molecular flexibility index (Phi) is 3.61. The fraction of sp³-hybridized carbons (Fsp3) is 0.0909. The lowest BCUT2D eigenvalue weighted by molar-refractivity contribution is -0.384. The molecule has 0 saturated carbocycles. The van der Waals surface area contributed by atoms with E-state index in [1.807, 2.05) is 11.4 Å². The summed E-state index contributed by atoms with van der Waals surface area (Å²) in [5, 5.41) is 16.3. The third-order valence-corrected chi connectivity index (χ3v) is 3.43. The van der Waals surface area contributed by atoms with E-state index in [2.05, 4.69) is 5.32 Å². The van der Waals surface area contributed by atoms with E-state index < -0.39 is 4.92 Å². The van der Waals surface area contributed by atoms with Crippen molar-refractivity contribution >= 4 is 34.3 Å². The van der Waals surface area contributed by atoms with Crippen molar-refractivity contribution < 1.29 is 4.92 Å². The van der Waals surface area contributed by atoms with E-state index in [0.717, 1.165) is 10.6 Å². The average molecular weight is 269 g/mol. The molecule has 0 atom stereocenters. The Morgan fingerprint density at radius 3 is 2.88 bits per heavy atom. The van der Waals surface area contributed by atoms with E-state index in [1.165, 1.54) is 12.1 Å². The molecule has 1 aromatic heterocycles. The third kappa shape index (κ3) is 3.18. The van der Waals surface area contributed by atoms with Gasteiger partial charge in [-0.2, -0.15) is 0 Å². The maximum Gasteiger partial charge on any atom is 0.271 e. The van der Waals surface area contributed by atoms with E-state index in [0.29, 0.717) is 11.6 Å². The maximum absolute atomic E-state index is 10.6. The Morgan fingerprint density at radius 2 is 2.24 bits per heavy atom. The Bertz CT molecular complexity index is 542. The first-order chi connectivity index (χ1) is 8.15. The topological polar surface area (TPSA) is 55.2 Å². The number of nitrogens with one attached hydrogen (secondary N) is 1. The number of nitrogens with zero attached hydrogens (tertiary/aromatic N) is 1. The van der Waals surface area contributed by atoms with E-state index in [-0.39, 0.29) is 5.69 Å². The highest BCUT2D eigenvalue weighted by Gasteiger charge is 2.05. The largest absolute Gasteiger partial charge is 0.380 e. The number of non-ortho nitro benzene ring substituents is 1. The van der Waals surface area contributed by atoms with Crippen LogP contribution in [0.15, 0.2) is 35.7 Å². The van der Waals surface area contributed by atoms with Crippen LogP contribution in [0.5, 0.6) is 0 Å². The molecule has 1 N–H and O–H groups in total. The fourth-order valence-electron chi connectivity index (χ4n) is 1.37. The van der Waals surface area contributed by atoms with Crippen LogP contribution in [0.2, 0.25) is 5.02 Å². The van der Waals surface area contributed by atoms with Gasteiger partial charge in [0.05, 0.1) is 9.95 Å². The van der Waals surface area contributed by atoms with Crippen LogP contribution >= 0.6 is 22.9 Å². The smallest absolute Gasteiger partial charge is 0.271 e. The molecule has 0 fully saturated rings. The van der Waals surface area contributed by atoms with Gasteiger partial charge in [0.2, 0.25) is 0 Å². The van der Waals surface area contributed by atoms with Gasteiger partial charge in [-0.05, 0) is 12.1 Å². The predicted octanol–water partition coefficient (Wildman–Crippen LogP) is 3.92. The standard InChI is InChI=1S/C11H9ClN2O2S/c12-8-4-11(17-7-8)6-13-9-2-1-3-10(5-9)14(15)16/h1-5,7,13H,6H2. The summed E-state index contributed by atoms with van der Waals surface area (Å²) in [7, 11) is 0. The first-order valence-corrected chi connectivity index (χ1v) is 6.12.